The number of H-pyrrole nitrogens is 4. The minimum Gasteiger partial charge on any atom is -0.354 e. The molecule has 10 aromatic heterocycles. The molecular weight excluding hydrogens is 1930 g/mol. The van der Waals surface area contributed by atoms with Gasteiger partial charge < -0.3 is 19.9 Å². The minimum atomic E-state index is -0.560. The summed E-state index contributed by atoms with van der Waals surface area (Å²) in [5, 5.41) is 0. The topological polar surface area (TPSA) is 166 Å². The van der Waals surface area contributed by atoms with Crippen molar-refractivity contribution in [3.63, 3.8) is 0 Å². The maximum atomic E-state index is 6.37. The molecule has 0 saturated heterocycles. The van der Waals surface area contributed by atoms with E-state index in [0.29, 0.717) is 0 Å². The third-order valence-corrected chi connectivity index (χ3v) is 31.3. The number of nitrogens with one attached hydrogen (secondary N) is 4. The van der Waals surface area contributed by atoms with Gasteiger partial charge in [0.1, 0.15) is 0 Å². The van der Waals surface area contributed by atoms with Crippen LogP contribution in [-0.4, -0.2) is 59.8 Å². The van der Waals surface area contributed by atoms with E-state index >= 15 is 0 Å². The molecule has 706 valence electrons. The highest BCUT2D eigenvalue weighted by Crippen LogP contribution is 2.59. The molecule has 5 aliphatic rings. The highest BCUT2D eigenvalue weighted by Gasteiger charge is 2.44. The lowest BCUT2D eigenvalue weighted by molar-refractivity contribution is 0.401. The van der Waals surface area contributed by atoms with Gasteiger partial charge >= 0.3 is 0 Å². The van der Waals surface area contributed by atoms with Crippen molar-refractivity contribution in [2.24, 2.45) is 0 Å². The van der Waals surface area contributed by atoms with Crippen molar-refractivity contribution in [3.05, 3.63) is 489 Å². The molecule has 10 aromatic carbocycles. The van der Waals surface area contributed by atoms with E-state index in [4.69, 9.17) is 39.9 Å². The van der Waals surface area contributed by atoms with Crippen LogP contribution < -0.4 is 0 Å². The van der Waals surface area contributed by atoms with Crippen molar-refractivity contribution in [2.75, 3.05) is 0 Å². The molecule has 147 heavy (non-hydrogen) atoms. The molecule has 0 unspecified atom stereocenters. The van der Waals surface area contributed by atoms with Crippen molar-refractivity contribution in [1.82, 2.24) is 59.8 Å². The summed E-state index contributed by atoms with van der Waals surface area (Å²) in [6.07, 6.45) is 34.7. The number of benzene rings is 10. The molecule has 12 nitrogen and oxygen atoms in total. The minimum absolute atomic E-state index is 0.560. The molecule has 1 aliphatic carbocycles. The first-order chi connectivity index (χ1) is 72.6. The van der Waals surface area contributed by atoms with E-state index in [-0.39, 0.29) is 0 Å². The normalized spacial score (nSPS) is 12.8. The molecule has 20 aromatic rings. The van der Waals surface area contributed by atoms with Crippen LogP contribution in [-0.2, 0) is 5.41 Å². The predicted octanol–water partition coefficient (Wildman–Crippen LogP) is 35.3. The second kappa shape index (κ2) is 39.6. The number of rotatable bonds is 24. The fourth-order valence-electron chi connectivity index (χ4n) is 22.8. The third-order valence-electron chi connectivity index (χ3n) is 29.7. The molecule has 0 spiro atoms. The van der Waals surface area contributed by atoms with Gasteiger partial charge in [0, 0.05) is 144 Å². The highest BCUT2D eigenvalue weighted by atomic mass is 79.9. The van der Waals surface area contributed by atoms with Crippen molar-refractivity contribution in [2.45, 2.75) is 83.5 Å². The summed E-state index contributed by atoms with van der Waals surface area (Å²) in [5.74, 6) is 0. The van der Waals surface area contributed by atoms with Gasteiger partial charge in [-0.25, -0.2) is 19.9 Å². The van der Waals surface area contributed by atoms with E-state index in [1.54, 1.807) is 0 Å². The zero-order valence-electron chi connectivity index (χ0n) is 81.3. The molecule has 14 heterocycles. The van der Waals surface area contributed by atoms with Crippen LogP contribution in [0.15, 0.2) is 410 Å². The lowest BCUT2D eigenvalue weighted by Crippen LogP contribution is -2.25. The molecule has 25 rings (SSSR count). The van der Waals surface area contributed by atoms with Crippen molar-refractivity contribution < 1.29 is 0 Å². The van der Waals surface area contributed by atoms with Crippen LogP contribution >= 0.6 is 31.9 Å². The van der Waals surface area contributed by atoms with Crippen molar-refractivity contribution in [3.8, 4) is 122 Å². The number of hydrogen-bond acceptors (Lipinski definition) is 8. The van der Waals surface area contributed by atoms with E-state index in [0.717, 1.165) is 319 Å². The molecule has 0 amide bonds. The number of pyridine rings is 4. The number of unbranched alkanes of at least 4 members (excludes halogenated alkanes) is 6. The summed E-state index contributed by atoms with van der Waals surface area (Å²) in [4.78, 5) is 60.6. The summed E-state index contributed by atoms with van der Waals surface area (Å²) < 4.78 is 1.59. The number of aromatic amines is 4. The lowest BCUT2D eigenvalue weighted by Gasteiger charge is -2.33. The molecule has 4 N–H and O–H groups in total. The number of halogens is 2. The van der Waals surface area contributed by atoms with Crippen LogP contribution in [0.25, 0.3) is 213 Å². The quantitative estimate of drug-likeness (QED) is 0.0434. The first-order valence-electron chi connectivity index (χ1n) is 51.0. The van der Waals surface area contributed by atoms with Crippen LogP contribution in [0.5, 0.6) is 0 Å². The first kappa shape index (κ1) is 91.2. The van der Waals surface area contributed by atoms with Gasteiger partial charge in [0.2, 0.25) is 0 Å². The van der Waals surface area contributed by atoms with Gasteiger partial charge in [-0.1, -0.05) is 332 Å². The fourth-order valence-corrected chi connectivity index (χ4v) is 23.6. The summed E-state index contributed by atoms with van der Waals surface area (Å²) in [6.45, 7) is 4.67. The van der Waals surface area contributed by atoms with E-state index in [1.807, 2.05) is 49.6 Å². The van der Waals surface area contributed by atoms with Gasteiger partial charge in [-0.2, -0.15) is 0 Å². The zero-order valence-corrected chi connectivity index (χ0v) is 84.5. The fraction of sp³-hybridized carbons (Fsp3) is 0.0977. The Kier molecular flexibility index (Phi) is 24.6. The summed E-state index contributed by atoms with van der Waals surface area (Å²) in [6, 6.07) is 128. The van der Waals surface area contributed by atoms with E-state index in [1.165, 1.54) is 22.3 Å². The Hall–Kier alpha value is -17.0. The summed E-state index contributed by atoms with van der Waals surface area (Å²) in [7, 11) is 0. The Bertz CT molecular complexity index is 8400. The second-order valence-electron chi connectivity index (χ2n) is 38.5. The average Bonchev–Trinajstić information content (AvgIpc) is 1.55. The number of aromatic nitrogens is 12. The van der Waals surface area contributed by atoms with Crippen LogP contribution in [0.1, 0.15) is 157 Å². The number of nitrogens with zero attached hydrogens (tertiary/aromatic N) is 8. The Labute approximate surface area is 870 Å². The van der Waals surface area contributed by atoms with Gasteiger partial charge in [-0.3, -0.25) is 19.9 Å². The Morgan fingerprint density at radius 2 is 0.463 bits per heavy atom. The summed E-state index contributed by atoms with van der Waals surface area (Å²) >= 11 is 8.65. The maximum absolute atomic E-state index is 6.37. The molecular formula is C133H100Br2N12. The van der Waals surface area contributed by atoms with Crippen LogP contribution in [0, 0.1) is 0 Å². The summed E-state index contributed by atoms with van der Waals surface area (Å²) in [5.41, 5.74) is 45.2. The second-order valence-corrected chi connectivity index (χ2v) is 40.1. The lowest BCUT2D eigenvalue weighted by atomic mass is 9.70. The molecule has 0 saturated carbocycles. The Morgan fingerprint density at radius 1 is 0.218 bits per heavy atom. The van der Waals surface area contributed by atoms with Gasteiger partial charge in [0.25, 0.3) is 0 Å². The SMILES string of the molecule is CCCCCCC1(CCCCCC)c2cc(-c3c4nc(c(-c5ccncc5)c5[nH]c(cc5-c5ccccc5)c(Br)c5nc(c(-c6ccncc6)c6[nH]c3cc6-c3ccccc3)C(c3ccccc3)=C5)C(c3ccccc3)=C4)ccc2-c2ccc(-c3c4nc(c(-c5ccncc5)c5[nH]c(cc5-c5ccccc5)c(Br)c5nc(c(-c6ccncc6)c6[nH]c3cc6-c3ccccc3)C(c3ccccc3)=C5)C(c3ccccc3)=C4)cc21. The molecule has 14 heteroatoms. The predicted molar refractivity (Wildman–Crippen MR) is 614 cm³/mol. The maximum Gasteiger partial charge on any atom is 0.0816 e. The van der Waals surface area contributed by atoms with E-state index in [2.05, 4.69) is 442 Å². The number of hydrogen-bond donors (Lipinski definition) is 4. The average molecular weight is 2030 g/mol. The smallest absolute Gasteiger partial charge is 0.0816 e. The van der Waals surface area contributed by atoms with Gasteiger partial charge in [0.15, 0.2) is 0 Å². The third kappa shape index (κ3) is 16.9. The standard InChI is InChI=1S/C133H100Br2N12/c1-3-5-7-33-63-133(64-34-8-6-4-2)107-73-95(117-109-75-99(83-35-17-9-18-36-83)125(140-109)119(91-55-65-136-66-56-91)129-103(87-43-25-13-26-44-87)79-113(144-129)123(134)114-80-104(88-45-27-14-28-46-88)130(145-114)120(92-57-67-137-68-58-92)126-100(76-110(117)141-126)84-37-19-10-20-38-84)51-53-97(107)98-54-52-96(74-108(98)133)118-111-77-101(85-39-21-11-22-40-85)127(142-111)121(93-59-69-138-70-60-93)131-105(89-47-29-15-30-48-89)81-115(146-131)124(135)116-82-106(90-49-31-16-32-50-90)132(147-116)122(94-61-71-139-72-62-94)128-102(78-112(118)143-128)86-41-23-12-24-42-86/h9-32,35-62,65-82,140,142,145,147H,3-8,33-34,63-64H2,1-2H3. The van der Waals surface area contributed by atoms with Gasteiger partial charge in [-0.15, -0.1) is 0 Å². The van der Waals surface area contributed by atoms with Gasteiger partial charge in [-0.05, 0) is 254 Å². The molecule has 4 aliphatic heterocycles. The van der Waals surface area contributed by atoms with Crippen molar-refractivity contribution >= 4 is 123 Å². The Morgan fingerprint density at radius 3 is 0.735 bits per heavy atom. The zero-order chi connectivity index (χ0) is 98.4. The van der Waals surface area contributed by atoms with E-state index < -0.39 is 5.41 Å². The molecule has 0 radical (unpaired) electrons. The molecule has 0 fully saturated rings. The first-order valence-corrected chi connectivity index (χ1v) is 52.5. The highest BCUT2D eigenvalue weighted by molar-refractivity contribution is 9.11. The molecule has 0 atom stereocenters. The Balaban J connectivity index is 0.826. The van der Waals surface area contributed by atoms with Gasteiger partial charge in [0.05, 0.1) is 87.6 Å². The van der Waals surface area contributed by atoms with Crippen LogP contribution in [0.4, 0.5) is 0 Å². The van der Waals surface area contributed by atoms with Crippen LogP contribution in [0.2, 0.25) is 0 Å². The van der Waals surface area contributed by atoms with Crippen LogP contribution in [0.3, 0.4) is 0 Å². The van der Waals surface area contributed by atoms with Crippen molar-refractivity contribution in [1.29, 1.82) is 0 Å². The monoisotopic (exact) mass is 2020 g/mol. The largest absolute Gasteiger partial charge is 0.354 e. The van der Waals surface area contributed by atoms with E-state index in [9.17, 15) is 0 Å². The molecule has 16 bridgehead atoms. The number of fused-ring (bicyclic) bond motifs is 19.